The number of aliphatic hydroxyl groups excluding tert-OH is 1. The average Bonchev–Trinajstić information content (AvgIpc) is 2.92. The zero-order chi connectivity index (χ0) is 17.1. The fraction of sp³-hybridized carbons (Fsp3) is 0.526. The van der Waals surface area contributed by atoms with E-state index in [1.807, 2.05) is 19.1 Å². The lowest BCUT2D eigenvalue weighted by molar-refractivity contribution is 0.00576. The first-order valence-corrected chi connectivity index (χ1v) is 8.78. The Bertz CT molecular complexity index is 685. The molecule has 4 nitrogen and oxygen atoms in total. The normalized spacial score (nSPS) is 22.0. The number of hydrogen-bond donors (Lipinski definition) is 2. The van der Waals surface area contributed by atoms with E-state index in [0.717, 1.165) is 43.0 Å². The predicted molar refractivity (Wildman–Crippen MR) is 92.2 cm³/mol. The lowest BCUT2D eigenvalue weighted by Gasteiger charge is -2.39. The van der Waals surface area contributed by atoms with Crippen molar-refractivity contribution in [3.05, 3.63) is 52.9 Å². The Balaban J connectivity index is 1.79. The highest BCUT2D eigenvalue weighted by atomic mass is 19.1. The van der Waals surface area contributed by atoms with E-state index in [2.05, 4.69) is 21.8 Å². The van der Waals surface area contributed by atoms with Gasteiger partial charge >= 0.3 is 0 Å². The molecule has 0 saturated carbocycles. The average molecular weight is 331 g/mol. The molecule has 0 spiro atoms. The zero-order valence-corrected chi connectivity index (χ0v) is 14.4. The molecule has 24 heavy (non-hydrogen) atoms. The molecule has 1 aliphatic rings. The maximum atomic E-state index is 14.0. The highest BCUT2D eigenvalue weighted by Crippen LogP contribution is 2.24. The lowest BCUT2D eigenvalue weighted by atomic mass is 9.92. The summed E-state index contributed by atoms with van der Waals surface area (Å²) >= 11 is 0. The van der Waals surface area contributed by atoms with Gasteiger partial charge in [-0.25, -0.2) is 9.37 Å². The summed E-state index contributed by atoms with van der Waals surface area (Å²) in [5.41, 5.74) is 2.78. The number of halogens is 1. The fourth-order valence-electron chi connectivity index (χ4n) is 3.53. The summed E-state index contributed by atoms with van der Waals surface area (Å²) in [4.78, 5) is 10.2. The van der Waals surface area contributed by atoms with Crippen LogP contribution in [0.2, 0.25) is 0 Å². The van der Waals surface area contributed by atoms with Crippen LogP contribution in [-0.4, -0.2) is 38.7 Å². The van der Waals surface area contributed by atoms with Gasteiger partial charge in [-0.2, -0.15) is 0 Å². The molecule has 5 heteroatoms. The molecule has 0 amide bonds. The number of piperidine rings is 1. The molecule has 2 N–H and O–H groups in total. The van der Waals surface area contributed by atoms with Gasteiger partial charge in [0.1, 0.15) is 11.6 Å². The molecule has 1 fully saturated rings. The summed E-state index contributed by atoms with van der Waals surface area (Å²) < 4.78 is 14.0. The van der Waals surface area contributed by atoms with E-state index in [1.165, 1.54) is 6.07 Å². The molecule has 1 aliphatic heterocycles. The van der Waals surface area contributed by atoms with Crippen LogP contribution in [0.4, 0.5) is 4.39 Å². The van der Waals surface area contributed by atoms with Crippen molar-refractivity contribution in [1.29, 1.82) is 0 Å². The molecule has 3 rings (SSSR count). The van der Waals surface area contributed by atoms with Gasteiger partial charge < -0.3 is 10.1 Å². The smallest absolute Gasteiger partial charge is 0.126 e. The summed E-state index contributed by atoms with van der Waals surface area (Å²) in [6.07, 6.45) is 2.71. The first-order chi connectivity index (χ1) is 11.6. The number of nitrogens with zero attached hydrogens (tertiary/aromatic N) is 2. The third-order valence-corrected chi connectivity index (χ3v) is 4.97. The number of nitrogens with one attached hydrogen (secondary N) is 1. The first-order valence-electron chi connectivity index (χ1n) is 8.78. The zero-order valence-electron chi connectivity index (χ0n) is 14.4. The van der Waals surface area contributed by atoms with Crippen molar-refractivity contribution in [3.8, 4) is 0 Å². The van der Waals surface area contributed by atoms with Crippen LogP contribution in [-0.2, 0) is 19.4 Å². The van der Waals surface area contributed by atoms with Crippen LogP contribution >= 0.6 is 0 Å². The lowest BCUT2D eigenvalue weighted by Crippen LogP contribution is -2.49. The van der Waals surface area contributed by atoms with Crippen molar-refractivity contribution in [1.82, 2.24) is 14.9 Å². The molecule has 2 aromatic rings. The number of aliphatic hydroxyl groups is 1. The van der Waals surface area contributed by atoms with E-state index in [0.29, 0.717) is 18.5 Å². The van der Waals surface area contributed by atoms with Crippen molar-refractivity contribution in [2.75, 3.05) is 6.54 Å². The monoisotopic (exact) mass is 331 g/mol. The molecule has 1 saturated heterocycles. The molecule has 0 aliphatic carbocycles. The molecule has 2 heterocycles. The molecule has 1 aromatic heterocycles. The van der Waals surface area contributed by atoms with Gasteiger partial charge in [0, 0.05) is 24.7 Å². The number of aromatic amines is 1. The number of aromatic nitrogens is 2. The van der Waals surface area contributed by atoms with Crippen molar-refractivity contribution in [2.45, 2.75) is 58.2 Å². The van der Waals surface area contributed by atoms with Crippen molar-refractivity contribution < 1.29 is 9.50 Å². The second-order valence-corrected chi connectivity index (χ2v) is 6.65. The summed E-state index contributed by atoms with van der Waals surface area (Å²) in [5.74, 6) is 0.796. The molecule has 0 unspecified atom stereocenters. The largest absolute Gasteiger partial charge is 0.391 e. The van der Waals surface area contributed by atoms with E-state index in [4.69, 9.17) is 0 Å². The maximum absolute atomic E-state index is 14.0. The number of hydrogen-bond acceptors (Lipinski definition) is 3. The summed E-state index contributed by atoms with van der Waals surface area (Å²) in [6.45, 7) is 5.71. The molecule has 1 aromatic carbocycles. The van der Waals surface area contributed by atoms with E-state index in [-0.39, 0.29) is 11.9 Å². The molecular formula is C19H26FN3O. The van der Waals surface area contributed by atoms with Crippen LogP contribution in [0.1, 0.15) is 42.5 Å². The molecule has 2 atom stereocenters. The first kappa shape index (κ1) is 17.1. The number of likely N-dealkylation sites (tertiary alicyclic amines) is 1. The third kappa shape index (κ3) is 3.68. The molecule has 130 valence electrons. The summed E-state index contributed by atoms with van der Waals surface area (Å²) in [6, 6.07) is 6.78. The minimum atomic E-state index is -0.428. The molecule has 0 bridgehead atoms. The van der Waals surface area contributed by atoms with Gasteiger partial charge in [-0.15, -0.1) is 0 Å². The maximum Gasteiger partial charge on any atom is 0.126 e. The van der Waals surface area contributed by atoms with Gasteiger partial charge in [0.2, 0.25) is 0 Å². The van der Waals surface area contributed by atoms with Crippen LogP contribution in [0.5, 0.6) is 0 Å². The summed E-state index contributed by atoms with van der Waals surface area (Å²) in [7, 11) is 0. The number of imidazole rings is 1. The highest BCUT2D eigenvalue weighted by molar-refractivity contribution is 5.20. The number of benzene rings is 1. The minimum absolute atomic E-state index is 0.0724. The van der Waals surface area contributed by atoms with Crippen molar-refractivity contribution >= 4 is 0 Å². The van der Waals surface area contributed by atoms with Gasteiger partial charge in [0.15, 0.2) is 0 Å². The topological polar surface area (TPSA) is 52.1 Å². The van der Waals surface area contributed by atoms with Crippen LogP contribution in [0, 0.1) is 12.7 Å². The van der Waals surface area contributed by atoms with E-state index < -0.39 is 6.10 Å². The highest BCUT2D eigenvalue weighted by Gasteiger charge is 2.31. The third-order valence-electron chi connectivity index (χ3n) is 4.97. The Morgan fingerprint density at radius 2 is 2.17 bits per heavy atom. The van der Waals surface area contributed by atoms with Crippen LogP contribution in [0.25, 0.3) is 0 Å². The van der Waals surface area contributed by atoms with E-state index in [1.54, 1.807) is 6.07 Å². The number of aryl methyl sites for hydroxylation is 2. The van der Waals surface area contributed by atoms with Crippen molar-refractivity contribution in [3.63, 3.8) is 0 Å². The van der Waals surface area contributed by atoms with E-state index >= 15 is 0 Å². The van der Waals surface area contributed by atoms with Crippen molar-refractivity contribution in [2.24, 2.45) is 0 Å². The minimum Gasteiger partial charge on any atom is -0.391 e. The Morgan fingerprint density at radius 1 is 1.38 bits per heavy atom. The van der Waals surface area contributed by atoms with Crippen LogP contribution in [0.15, 0.2) is 24.3 Å². The second-order valence-electron chi connectivity index (χ2n) is 6.65. The van der Waals surface area contributed by atoms with E-state index in [9.17, 15) is 9.50 Å². The fourth-order valence-corrected chi connectivity index (χ4v) is 3.53. The van der Waals surface area contributed by atoms with Crippen LogP contribution < -0.4 is 0 Å². The number of rotatable bonds is 5. The van der Waals surface area contributed by atoms with Crippen LogP contribution in [0.3, 0.4) is 0 Å². The Hall–Kier alpha value is -1.72. The van der Waals surface area contributed by atoms with Gasteiger partial charge in [-0.3, -0.25) is 4.90 Å². The predicted octanol–water partition coefficient (Wildman–Crippen LogP) is 2.99. The number of H-pyrrole nitrogens is 1. The van der Waals surface area contributed by atoms with Gasteiger partial charge in [-0.1, -0.05) is 25.1 Å². The SMILES string of the molecule is CCc1nc(CN2CCC[C@H](O)[C@@H]2Cc2ccccc2F)c(C)[nH]1. The molecule has 0 radical (unpaired) electrons. The Morgan fingerprint density at radius 3 is 2.88 bits per heavy atom. The molecular weight excluding hydrogens is 305 g/mol. The van der Waals surface area contributed by atoms with Gasteiger partial charge in [0.05, 0.1) is 11.8 Å². The van der Waals surface area contributed by atoms with Gasteiger partial charge in [-0.05, 0) is 44.4 Å². The Labute approximate surface area is 142 Å². The quantitative estimate of drug-likeness (QED) is 0.885. The summed E-state index contributed by atoms with van der Waals surface area (Å²) in [5, 5.41) is 10.5. The Kier molecular flexibility index (Phi) is 5.31. The van der Waals surface area contributed by atoms with Gasteiger partial charge in [0.25, 0.3) is 0 Å². The second kappa shape index (κ2) is 7.45. The standard InChI is InChI=1S/C19H26FN3O/c1-3-19-21-13(2)16(22-19)12-23-10-6-9-18(24)17(23)11-14-7-4-5-8-15(14)20/h4-5,7-8,17-18,24H,3,6,9-12H2,1-2H3,(H,21,22)/t17-,18-/m0/s1.